The first-order valence-electron chi connectivity index (χ1n) is 6.60. The van der Waals surface area contributed by atoms with Gasteiger partial charge in [-0.05, 0) is 6.42 Å². The van der Waals surface area contributed by atoms with Gasteiger partial charge in [0.05, 0.1) is 54.2 Å². The number of quaternary nitrogens is 1. The number of likely N-dealkylation sites (N-methyl/N-ethyl adjacent to an activating group) is 1. The maximum atomic E-state index is 5.47. The van der Waals surface area contributed by atoms with Crippen LogP contribution in [-0.2, 0) is 14.2 Å². The Balaban J connectivity index is 2.99. The van der Waals surface area contributed by atoms with Crippen molar-refractivity contribution < 1.29 is 18.7 Å². The van der Waals surface area contributed by atoms with E-state index in [1.807, 2.05) is 0 Å². The fourth-order valence-corrected chi connectivity index (χ4v) is 1.13. The Morgan fingerprint density at radius 3 is 1.65 bits per heavy atom. The van der Waals surface area contributed by atoms with Gasteiger partial charge in [0, 0.05) is 6.61 Å². The van der Waals surface area contributed by atoms with Gasteiger partial charge in [-0.1, -0.05) is 13.3 Å². The molecule has 0 aliphatic heterocycles. The number of hydrogen-bond donors (Lipinski definition) is 0. The molecule has 0 N–H and O–H groups in total. The van der Waals surface area contributed by atoms with Crippen LogP contribution in [0.5, 0.6) is 0 Å². The summed E-state index contributed by atoms with van der Waals surface area (Å²) >= 11 is 0. The van der Waals surface area contributed by atoms with Crippen LogP contribution in [0.4, 0.5) is 0 Å². The van der Waals surface area contributed by atoms with Crippen LogP contribution in [0.3, 0.4) is 0 Å². The summed E-state index contributed by atoms with van der Waals surface area (Å²) in [6.07, 6.45) is 2.31. The summed E-state index contributed by atoms with van der Waals surface area (Å²) < 4.78 is 17.2. The second kappa shape index (κ2) is 11.0. The van der Waals surface area contributed by atoms with Gasteiger partial charge >= 0.3 is 0 Å². The summed E-state index contributed by atoms with van der Waals surface area (Å²) in [5.74, 6) is 0. The second-order valence-corrected chi connectivity index (χ2v) is 5.20. The van der Waals surface area contributed by atoms with Gasteiger partial charge in [-0.3, -0.25) is 0 Å². The smallest absolute Gasteiger partial charge is 0.102 e. The maximum Gasteiger partial charge on any atom is 0.102 e. The fraction of sp³-hybridized carbons (Fsp3) is 1.00. The van der Waals surface area contributed by atoms with Crippen molar-refractivity contribution in [2.24, 2.45) is 0 Å². The number of unbranched alkanes of at least 4 members (excludes halogenated alkanes) is 1. The highest BCUT2D eigenvalue weighted by Crippen LogP contribution is 1.90. The van der Waals surface area contributed by atoms with E-state index >= 15 is 0 Å². The zero-order chi connectivity index (χ0) is 13.0. The van der Waals surface area contributed by atoms with Gasteiger partial charge in [0.2, 0.25) is 0 Å². The van der Waals surface area contributed by atoms with Crippen LogP contribution in [0, 0.1) is 0 Å². The van der Waals surface area contributed by atoms with Crippen molar-refractivity contribution in [3.05, 3.63) is 0 Å². The van der Waals surface area contributed by atoms with Crippen LogP contribution >= 0.6 is 0 Å². The minimum Gasteiger partial charge on any atom is -0.379 e. The molecule has 0 saturated carbocycles. The quantitative estimate of drug-likeness (QED) is 0.387. The molecule has 0 aromatic heterocycles. The van der Waals surface area contributed by atoms with Gasteiger partial charge in [-0.2, -0.15) is 0 Å². The molecule has 0 radical (unpaired) electrons. The summed E-state index contributed by atoms with van der Waals surface area (Å²) in [6.45, 7) is 7.53. The first kappa shape index (κ1) is 16.8. The van der Waals surface area contributed by atoms with Gasteiger partial charge in [0.1, 0.15) is 6.54 Å². The summed E-state index contributed by atoms with van der Waals surface area (Å²) in [6, 6.07) is 0. The van der Waals surface area contributed by atoms with E-state index < -0.39 is 0 Å². The molecule has 0 bridgehead atoms. The largest absolute Gasteiger partial charge is 0.379 e. The maximum absolute atomic E-state index is 5.47. The minimum absolute atomic E-state index is 0.661. The Hall–Kier alpha value is -0.160. The molecular weight excluding hydrogens is 218 g/mol. The van der Waals surface area contributed by atoms with Gasteiger partial charge in [-0.15, -0.1) is 0 Å². The van der Waals surface area contributed by atoms with Crippen LogP contribution in [0.2, 0.25) is 0 Å². The molecule has 0 aliphatic rings. The average Bonchev–Trinajstić information content (AvgIpc) is 2.24. The van der Waals surface area contributed by atoms with Crippen molar-refractivity contribution in [1.82, 2.24) is 0 Å². The summed E-state index contributed by atoms with van der Waals surface area (Å²) in [7, 11) is 6.48. The van der Waals surface area contributed by atoms with Gasteiger partial charge in [0.15, 0.2) is 0 Å². The zero-order valence-corrected chi connectivity index (χ0v) is 12.0. The standard InChI is InChI=1S/C13H30NO3/c1-5-6-8-15-10-12-17-13-11-16-9-7-14(2,3)4/h5-13H2,1-4H3/q+1. The predicted molar refractivity (Wildman–Crippen MR) is 70.3 cm³/mol. The molecular formula is C13H30NO3+. The lowest BCUT2D eigenvalue weighted by Gasteiger charge is -2.23. The molecule has 0 atom stereocenters. The Kier molecular flexibility index (Phi) is 10.9. The highest BCUT2D eigenvalue weighted by molar-refractivity contribution is 4.35. The predicted octanol–water partition coefficient (Wildman–Crippen LogP) is 1.54. The van der Waals surface area contributed by atoms with Crippen LogP contribution in [0.25, 0.3) is 0 Å². The normalized spacial score (nSPS) is 12.0. The summed E-state index contributed by atoms with van der Waals surface area (Å²) in [5.41, 5.74) is 0. The van der Waals surface area contributed by atoms with Gasteiger partial charge in [-0.25, -0.2) is 0 Å². The number of nitrogens with zero attached hydrogens (tertiary/aromatic N) is 1. The van der Waals surface area contributed by atoms with Crippen molar-refractivity contribution in [3.63, 3.8) is 0 Å². The first-order valence-corrected chi connectivity index (χ1v) is 6.60. The van der Waals surface area contributed by atoms with Crippen molar-refractivity contribution in [2.45, 2.75) is 19.8 Å². The molecule has 0 spiro atoms. The highest BCUT2D eigenvalue weighted by atomic mass is 16.5. The molecule has 0 unspecified atom stereocenters. The zero-order valence-electron chi connectivity index (χ0n) is 12.0. The lowest BCUT2D eigenvalue weighted by Crippen LogP contribution is -2.37. The highest BCUT2D eigenvalue weighted by Gasteiger charge is 2.05. The van der Waals surface area contributed by atoms with E-state index in [-0.39, 0.29) is 0 Å². The molecule has 4 nitrogen and oxygen atoms in total. The third-order valence-corrected chi connectivity index (χ3v) is 2.29. The van der Waals surface area contributed by atoms with E-state index in [2.05, 4.69) is 28.1 Å². The third-order valence-electron chi connectivity index (χ3n) is 2.29. The fourth-order valence-electron chi connectivity index (χ4n) is 1.13. The van der Waals surface area contributed by atoms with E-state index in [0.29, 0.717) is 26.4 Å². The van der Waals surface area contributed by atoms with Gasteiger partial charge < -0.3 is 18.7 Å². The molecule has 0 fully saturated rings. The van der Waals surface area contributed by atoms with E-state index in [1.165, 1.54) is 6.42 Å². The SMILES string of the molecule is CCCCOCCOCCOCC[N+](C)(C)C. The van der Waals surface area contributed by atoms with E-state index in [1.54, 1.807) is 0 Å². The minimum atomic E-state index is 0.661. The molecule has 104 valence electrons. The third kappa shape index (κ3) is 15.8. The molecule has 0 aliphatic carbocycles. The second-order valence-electron chi connectivity index (χ2n) is 5.20. The van der Waals surface area contributed by atoms with E-state index in [9.17, 15) is 0 Å². The van der Waals surface area contributed by atoms with Crippen LogP contribution in [0.15, 0.2) is 0 Å². The number of rotatable bonds is 12. The Morgan fingerprint density at radius 1 is 0.706 bits per heavy atom. The number of ether oxygens (including phenoxy) is 3. The lowest BCUT2D eigenvalue weighted by molar-refractivity contribution is -0.870. The number of hydrogen-bond acceptors (Lipinski definition) is 3. The molecule has 0 rings (SSSR count). The topological polar surface area (TPSA) is 27.7 Å². The van der Waals surface area contributed by atoms with Crippen LogP contribution in [-0.4, -0.2) is 71.8 Å². The lowest BCUT2D eigenvalue weighted by atomic mass is 10.4. The molecule has 0 heterocycles. The molecule has 0 aromatic rings. The Labute approximate surface area is 106 Å². The molecule has 0 saturated heterocycles. The van der Waals surface area contributed by atoms with Crippen molar-refractivity contribution in [2.75, 3.05) is 67.3 Å². The Bertz CT molecular complexity index is 157. The van der Waals surface area contributed by atoms with Crippen molar-refractivity contribution in [1.29, 1.82) is 0 Å². The van der Waals surface area contributed by atoms with Gasteiger partial charge in [0.25, 0.3) is 0 Å². The van der Waals surface area contributed by atoms with Crippen LogP contribution in [0.1, 0.15) is 19.8 Å². The van der Waals surface area contributed by atoms with E-state index in [0.717, 1.165) is 30.7 Å². The first-order chi connectivity index (χ1) is 8.06. The summed E-state index contributed by atoms with van der Waals surface area (Å²) in [4.78, 5) is 0. The average molecular weight is 248 g/mol. The molecule has 0 aromatic carbocycles. The van der Waals surface area contributed by atoms with Crippen molar-refractivity contribution >= 4 is 0 Å². The molecule has 0 amide bonds. The monoisotopic (exact) mass is 248 g/mol. The molecule has 17 heavy (non-hydrogen) atoms. The summed E-state index contributed by atoms with van der Waals surface area (Å²) in [5, 5.41) is 0. The molecule has 4 heteroatoms. The van der Waals surface area contributed by atoms with E-state index in [4.69, 9.17) is 14.2 Å². The Morgan fingerprint density at radius 2 is 1.18 bits per heavy atom. The van der Waals surface area contributed by atoms with Crippen LogP contribution < -0.4 is 0 Å². The van der Waals surface area contributed by atoms with Crippen molar-refractivity contribution in [3.8, 4) is 0 Å².